The lowest BCUT2D eigenvalue weighted by molar-refractivity contribution is 0.0948. The van der Waals surface area contributed by atoms with E-state index in [9.17, 15) is 13.2 Å². The zero-order chi connectivity index (χ0) is 29.0. The van der Waals surface area contributed by atoms with E-state index in [1.807, 2.05) is 12.1 Å². The van der Waals surface area contributed by atoms with Gasteiger partial charge in [0.25, 0.3) is 15.9 Å². The van der Waals surface area contributed by atoms with Gasteiger partial charge in [-0.05, 0) is 60.7 Å². The van der Waals surface area contributed by atoms with E-state index in [1.54, 1.807) is 49.8 Å². The van der Waals surface area contributed by atoms with Crippen LogP contribution in [0.5, 0.6) is 11.5 Å². The largest absolute Gasteiger partial charge is 0.495 e. The molecule has 5 rings (SSSR count). The molecule has 41 heavy (non-hydrogen) atoms. The van der Waals surface area contributed by atoms with Gasteiger partial charge >= 0.3 is 0 Å². The molecule has 4 aromatic rings. The lowest BCUT2D eigenvalue weighted by atomic mass is 10.2. The normalized spacial score (nSPS) is 14.2. The van der Waals surface area contributed by atoms with Gasteiger partial charge in [0.2, 0.25) is 0 Å². The van der Waals surface area contributed by atoms with E-state index in [4.69, 9.17) is 26.1 Å². The average molecular weight is 616 g/mol. The molecule has 0 aliphatic carbocycles. The van der Waals surface area contributed by atoms with E-state index < -0.39 is 10.0 Å². The van der Waals surface area contributed by atoms with Crippen molar-refractivity contribution < 1.29 is 22.7 Å². The minimum atomic E-state index is -3.76. The Hall–Kier alpha value is -3.58. The van der Waals surface area contributed by atoms with Crippen molar-refractivity contribution in [2.75, 3.05) is 63.1 Å². The van der Waals surface area contributed by atoms with Crippen LogP contribution in [-0.4, -0.2) is 77.7 Å². The molecule has 1 aliphatic rings. The van der Waals surface area contributed by atoms with Crippen LogP contribution in [0, 0.1) is 0 Å². The van der Waals surface area contributed by atoms with Crippen LogP contribution in [0.1, 0.15) is 10.4 Å². The Kier molecular flexibility index (Phi) is 8.83. The summed E-state index contributed by atoms with van der Waals surface area (Å²) in [7, 11) is -0.464. The molecule has 0 unspecified atom stereocenters. The number of ether oxygens (including phenoxy) is 2. The van der Waals surface area contributed by atoms with Gasteiger partial charge in [-0.1, -0.05) is 22.9 Å². The first-order valence-corrected chi connectivity index (χ1v) is 15.6. The number of thiazole rings is 1. The van der Waals surface area contributed by atoms with Gasteiger partial charge in [0, 0.05) is 55.5 Å². The molecule has 1 saturated heterocycles. The fourth-order valence-corrected chi connectivity index (χ4v) is 6.83. The maximum Gasteiger partial charge on any atom is 0.261 e. The minimum absolute atomic E-state index is 0.102. The Labute approximate surface area is 247 Å². The van der Waals surface area contributed by atoms with Crippen LogP contribution >= 0.6 is 22.9 Å². The number of halogens is 1. The number of rotatable bonds is 10. The first-order chi connectivity index (χ1) is 19.8. The van der Waals surface area contributed by atoms with Gasteiger partial charge in [-0.25, -0.2) is 13.4 Å². The molecule has 3 aromatic carbocycles. The van der Waals surface area contributed by atoms with Crippen LogP contribution in [-0.2, 0) is 10.0 Å². The second kappa shape index (κ2) is 12.5. The third-order valence-electron chi connectivity index (χ3n) is 6.78. The maximum atomic E-state index is 12.6. The maximum absolute atomic E-state index is 12.6. The zero-order valence-corrected chi connectivity index (χ0v) is 25.0. The molecule has 1 aromatic heterocycles. The summed E-state index contributed by atoms with van der Waals surface area (Å²) in [5.74, 6) is 1.30. The summed E-state index contributed by atoms with van der Waals surface area (Å²) in [6, 6.07) is 16.0. The number of methoxy groups -OCH3 is 2. The fourth-order valence-electron chi connectivity index (χ4n) is 4.52. The van der Waals surface area contributed by atoms with Gasteiger partial charge in [-0.2, -0.15) is 0 Å². The van der Waals surface area contributed by atoms with Crippen molar-refractivity contribution in [3.8, 4) is 11.5 Å². The third-order valence-corrected chi connectivity index (χ3v) is 9.56. The van der Waals surface area contributed by atoms with E-state index >= 15 is 0 Å². The summed E-state index contributed by atoms with van der Waals surface area (Å²) < 4.78 is 39.6. The van der Waals surface area contributed by atoms with Gasteiger partial charge in [-0.15, -0.1) is 0 Å². The Balaban J connectivity index is 1.09. The number of carbonyl (C=O) groups excluding carboxylic acids is 1. The Bertz CT molecular complexity index is 1580. The first-order valence-electron chi connectivity index (χ1n) is 12.9. The molecule has 1 amide bonds. The summed E-state index contributed by atoms with van der Waals surface area (Å²) in [6.07, 6.45) is 0. The van der Waals surface area contributed by atoms with E-state index in [-0.39, 0.29) is 10.8 Å². The van der Waals surface area contributed by atoms with Crippen molar-refractivity contribution in [2.24, 2.45) is 0 Å². The molecule has 0 radical (unpaired) electrons. The molecular weight excluding hydrogens is 586 g/mol. The highest BCUT2D eigenvalue weighted by molar-refractivity contribution is 7.92. The molecule has 13 heteroatoms. The van der Waals surface area contributed by atoms with Crippen molar-refractivity contribution in [1.29, 1.82) is 0 Å². The van der Waals surface area contributed by atoms with Gasteiger partial charge in [0.1, 0.15) is 21.7 Å². The number of carbonyl (C=O) groups is 1. The summed E-state index contributed by atoms with van der Waals surface area (Å²) in [6.45, 7) is 4.57. The highest BCUT2D eigenvalue weighted by atomic mass is 35.5. The number of anilines is 2. The van der Waals surface area contributed by atoms with Crippen molar-refractivity contribution in [2.45, 2.75) is 4.90 Å². The molecule has 0 saturated carbocycles. The number of benzene rings is 3. The summed E-state index contributed by atoms with van der Waals surface area (Å²) >= 11 is 7.44. The zero-order valence-electron chi connectivity index (χ0n) is 22.6. The van der Waals surface area contributed by atoms with Gasteiger partial charge in [0.15, 0.2) is 5.13 Å². The fraction of sp³-hybridized carbons (Fsp3) is 0.286. The lowest BCUT2D eigenvalue weighted by Crippen LogP contribution is -2.48. The topological polar surface area (TPSA) is 113 Å². The number of sulfonamides is 1. The number of hydrogen-bond acceptors (Lipinski definition) is 9. The second-order valence-electron chi connectivity index (χ2n) is 9.37. The molecular formula is C28H30ClN5O5S2. The Morgan fingerprint density at radius 2 is 1.61 bits per heavy atom. The van der Waals surface area contributed by atoms with Crippen molar-refractivity contribution in [3.63, 3.8) is 0 Å². The minimum Gasteiger partial charge on any atom is -0.495 e. The number of nitrogens with zero attached hydrogens (tertiary/aromatic N) is 3. The molecule has 2 N–H and O–H groups in total. The quantitative estimate of drug-likeness (QED) is 0.271. The molecule has 2 heterocycles. The van der Waals surface area contributed by atoms with Gasteiger partial charge in [-0.3, -0.25) is 14.4 Å². The van der Waals surface area contributed by atoms with Crippen molar-refractivity contribution in [1.82, 2.24) is 15.2 Å². The number of hydrogen-bond donors (Lipinski definition) is 2. The number of piperazine rings is 1. The highest BCUT2D eigenvalue weighted by Crippen LogP contribution is 2.40. The summed E-state index contributed by atoms with van der Waals surface area (Å²) in [4.78, 5) is 22.1. The molecule has 1 aliphatic heterocycles. The monoisotopic (exact) mass is 615 g/mol. The van der Waals surface area contributed by atoms with Crippen LogP contribution in [0.3, 0.4) is 0 Å². The Morgan fingerprint density at radius 1 is 0.951 bits per heavy atom. The van der Waals surface area contributed by atoms with E-state index in [1.165, 1.54) is 24.3 Å². The number of amides is 1. The standard InChI is InChI=1S/C28H30ClN5O5S2/c1-38-23-11-12-24(39-2)26-25(23)31-28(40-26)34-17-15-33(16-18-34)14-13-30-27(35)19-3-7-21(8-4-19)32-41(36,37)22-9-5-20(29)6-10-22/h3-12,32H,13-18H2,1-2H3,(H,30,35). The van der Waals surface area contributed by atoms with Crippen molar-refractivity contribution >= 4 is 59.9 Å². The van der Waals surface area contributed by atoms with E-state index in [2.05, 4.69) is 19.8 Å². The summed E-state index contributed by atoms with van der Waals surface area (Å²) in [5.41, 5.74) is 1.62. The predicted octanol–water partition coefficient (Wildman–Crippen LogP) is 4.32. The number of nitrogens with one attached hydrogen (secondary N) is 2. The molecule has 1 fully saturated rings. The summed E-state index contributed by atoms with van der Waals surface area (Å²) in [5, 5.41) is 4.34. The molecule has 216 valence electrons. The highest BCUT2D eigenvalue weighted by Gasteiger charge is 2.22. The van der Waals surface area contributed by atoms with E-state index in [0.29, 0.717) is 22.8 Å². The van der Waals surface area contributed by atoms with E-state index in [0.717, 1.165) is 59.6 Å². The van der Waals surface area contributed by atoms with Crippen LogP contribution < -0.4 is 24.4 Å². The lowest BCUT2D eigenvalue weighted by Gasteiger charge is -2.34. The first kappa shape index (κ1) is 28.9. The van der Waals surface area contributed by atoms with Crippen LogP contribution in [0.2, 0.25) is 5.02 Å². The number of fused-ring (bicyclic) bond motifs is 1. The van der Waals surface area contributed by atoms with Crippen LogP contribution in [0.15, 0.2) is 65.6 Å². The van der Waals surface area contributed by atoms with Crippen LogP contribution in [0.25, 0.3) is 10.2 Å². The third kappa shape index (κ3) is 6.67. The average Bonchev–Trinajstić information content (AvgIpc) is 3.43. The molecule has 0 spiro atoms. The SMILES string of the molecule is COc1ccc(OC)c2sc(N3CCN(CCNC(=O)c4ccc(NS(=O)(=O)c5ccc(Cl)cc5)cc4)CC3)nc12. The molecule has 0 atom stereocenters. The van der Waals surface area contributed by atoms with Crippen LogP contribution in [0.4, 0.5) is 10.8 Å². The predicted molar refractivity (Wildman–Crippen MR) is 162 cm³/mol. The second-order valence-corrected chi connectivity index (χ2v) is 12.5. The van der Waals surface area contributed by atoms with Crippen molar-refractivity contribution in [3.05, 3.63) is 71.2 Å². The van der Waals surface area contributed by atoms with Gasteiger partial charge < -0.3 is 19.7 Å². The smallest absolute Gasteiger partial charge is 0.261 e. The van der Waals surface area contributed by atoms with Gasteiger partial charge in [0.05, 0.1) is 19.1 Å². The molecule has 10 nitrogen and oxygen atoms in total. The Morgan fingerprint density at radius 3 is 2.27 bits per heavy atom. The molecule has 0 bridgehead atoms. The number of aromatic nitrogens is 1.